The zero-order valence-electron chi connectivity index (χ0n) is 14.0. The molecule has 21 heavy (non-hydrogen) atoms. The quantitative estimate of drug-likeness (QED) is 0.387. The number of hydrogen-bond acceptors (Lipinski definition) is 6. The second-order valence-corrected chi connectivity index (χ2v) is 7.02. The highest BCUT2D eigenvalue weighted by Crippen LogP contribution is 2.06. The number of thiol groups is 1. The van der Waals surface area contributed by atoms with Crippen LogP contribution in [-0.2, 0) is 19.6 Å². The van der Waals surface area contributed by atoms with Gasteiger partial charge in [-0.1, -0.05) is 0 Å². The zero-order valence-corrected chi connectivity index (χ0v) is 13.8. The number of hydrogen-bond donors (Lipinski definition) is 4. The maximum Gasteiger partial charge on any atom is 0.408 e. The fraction of sp³-hybridized carbons (Fsp3) is 0.818. The van der Waals surface area contributed by atoms with Gasteiger partial charge in [0.1, 0.15) is 11.6 Å². The lowest BCUT2D eigenvalue weighted by Crippen LogP contribution is -2.49. The van der Waals surface area contributed by atoms with Crippen molar-refractivity contribution < 1.29 is 30.0 Å². The molecule has 0 saturated heterocycles. The van der Waals surface area contributed by atoms with Gasteiger partial charge in [0, 0.05) is 15.0 Å². The predicted molar refractivity (Wildman–Crippen MR) is 81.1 cm³/mol. The predicted octanol–water partition coefficient (Wildman–Crippen LogP) is 0.204. The number of carbonyl (C=O) groups is 2. The standard InChI is InChI=1S/C11H22N2O6S2/c1-11(2,3)19-10(15)13-8(7-20)9(14)12-5-4-6-21(16,17)18/h8,20H,4-7H2,1-3H3,(H,12,14)(H,13,15)(H,16,17,18)/i5D2. The van der Waals surface area contributed by atoms with Crippen LogP contribution in [0.3, 0.4) is 0 Å². The Balaban J connectivity index is 4.68. The maximum atomic E-state index is 11.9. The molecule has 0 fully saturated rings. The average molecular weight is 344 g/mol. The van der Waals surface area contributed by atoms with Crippen molar-refractivity contribution in [3.05, 3.63) is 0 Å². The van der Waals surface area contributed by atoms with Gasteiger partial charge >= 0.3 is 6.09 Å². The normalized spacial score (nSPS) is 15.5. The summed E-state index contributed by atoms with van der Waals surface area (Å²) in [5, 5.41) is 4.18. The van der Waals surface area contributed by atoms with Gasteiger partial charge in [-0.2, -0.15) is 21.0 Å². The van der Waals surface area contributed by atoms with Crippen molar-refractivity contribution in [3.63, 3.8) is 0 Å². The van der Waals surface area contributed by atoms with Crippen molar-refractivity contribution in [2.75, 3.05) is 18.0 Å². The van der Waals surface area contributed by atoms with Crippen LogP contribution in [0.4, 0.5) is 4.79 Å². The first-order valence-corrected chi connectivity index (χ1v) is 8.27. The van der Waals surface area contributed by atoms with Crippen LogP contribution in [0.5, 0.6) is 0 Å². The van der Waals surface area contributed by atoms with Crippen molar-refractivity contribution in [3.8, 4) is 0 Å². The van der Waals surface area contributed by atoms with E-state index in [2.05, 4.69) is 17.9 Å². The van der Waals surface area contributed by atoms with Crippen LogP contribution in [0.1, 0.15) is 29.9 Å². The number of ether oxygens (including phenoxy) is 1. The van der Waals surface area contributed by atoms with E-state index in [0.29, 0.717) is 0 Å². The summed E-state index contributed by atoms with van der Waals surface area (Å²) < 4.78 is 49.9. The summed E-state index contributed by atoms with van der Waals surface area (Å²) in [6.45, 7) is 2.52. The highest BCUT2D eigenvalue weighted by molar-refractivity contribution is 7.85. The SMILES string of the molecule is [2H]C([2H])(CCS(=O)(=O)O)NC(=O)C(CS)NC(=O)OC(C)(C)C. The largest absolute Gasteiger partial charge is 0.444 e. The third-order valence-corrected chi connectivity index (χ3v) is 2.97. The van der Waals surface area contributed by atoms with Crippen LogP contribution >= 0.6 is 12.6 Å². The second-order valence-electron chi connectivity index (χ2n) is 5.08. The Bertz CT molecular complexity index is 533. The van der Waals surface area contributed by atoms with Gasteiger partial charge in [0.05, 0.1) is 5.75 Å². The Labute approximate surface area is 133 Å². The average Bonchev–Trinajstić information content (AvgIpc) is 2.30. The number of amides is 2. The van der Waals surface area contributed by atoms with Gasteiger partial charge in [0.2, 0.25) is 5.91 Å². The van der Waals surface area contributed by atoms with Gasteiger partial charge in [-0.05, 0) is 27.2 Å². The van der Waals surface area contributed by atoms with E-state index in [0.717, 1.165) is 0 Å². The maximum absolute atomic E-state index is 11.9. The van der Waals surface area contributed by atoms with Gasteiger partial charge in [-0.15, -0.1) is 0 Å². The fourth-order valence-corrected chi connectivity index (χ4v) is 1.68. The molecular weight excluding hydrogens is 320 g/mol. The Morgan fingerprint density at radius 1 is 1.43 bits per heavy atom. The Hall–Kier alpha value is -1.00. The minimum Gasteiger partial charge on any atom is -0.444 e. The summed E-state index contributed by atoms with van der Waals surface area (Å²) in [7, 11) is -4.35. The molecule has 10 heteroatoms. The van der Waals surface area contributed by atoms with E-state index in [4.69, 9.17) is 12.0 Å². The molecule has 0 aromatic carbocycles. The van der Waals surface area contributed by atoms with E-state index in [1.54, 1.807) is 20.8 Å². The monoisotopic (exact) mass is 344 g/mol. The second kappa shape index (κ2) is 8.44. The molecule has 0 aliphatic heterocycles. The zero-order chi connectivity index (χ0) is 18.5. The highest BCUT2D eigenvalue weighted by Gasteiger charge is 2.23. The van der Waals surface area contributed by atoms with Gasteiger partial charge < -0.3 is 15.4 Å². The first-order chi connectivity index (χ1) is 10.2. The third kappa shape index (κ3) is 11.3. The van der Waals surface area contributed by atoms with E-state index in [-0.39, 0.29) is 5.75 Å². The molecule has 0 bridgehead atoms. The molecular formula is C11H22N2O6S2. The first-order valence-electron chi connectivity index (χ1n) is 7.03. The van der Waals surface area contributed by atoms with E-state index >= 15 is 0 Å². The van der Waals surface area contributed by atoms with E-state index in [1.807, 2.05) is 5.32 Å². The third-order valence-electron chi connectivity index (χ3n) is 1.89. The van der Waals surface area contributed by atoms with E-state index in [9.17, 15) is 18.0 Å². The molecule has 0 spiro atoms. The van der Waals surface area contributed by atoms with Crippen LogP contribution in [-0.4, -0.2) is 54.6 Å². The minimum absolute atomic E-state index is 0.126. The molecule has 0 heterocycles. The number of nitrogens with one attached hydrogen (secondary N) is 2. The topological polar surface area (TPSA) is 122 Å². The molecule has 1 unspecified atom stereocenters. The molecule has 0 aromatic rings. The Morgan fingerprint density at radius 2 is 2.00 bits per heavy atom. The summed E-state index contributed by atoms with van der Waals surface area (Å²) in [5.41, 5.74) is -0.772. The molecule has 3 N–H and O–H groups in total. The van der Waals surface area contributed by atoms with Crippen molar-refractivity contribution in [1.29, 1.82) is 0 Å². The van der Waals surface area contributed by atoms with Crippen LogP contribution in [0, 0.1) is 0 Å². The highest BCUT2D eigenvalue weighted by atomic mass is 32.2. The number of carbonyl (C=O) groups excluding carboxylic acids is 2. The van der Waals surface area contributed by atoms with Crippen molar-refractivity contribution in [1.82, 2.24) is 10.6 Å². The minimum atomic E-state index is -4.35. The number of rotatable bonds is 7. The van der Waals surface area contributed by atoms with Gasteiger partial charge in [0.15, 0.2) is 0 Å². The van der Waals surface area contributed by atoms with Gasteiger partial charge in [-0.25, -0.2) is 4.79 Å². The number of alkyl carbamates (subject to hydrolysis) is 1. The molecule has 0 aliphatic rings. The van der Waals surface area contributed by atoms with Gasteiger partial charge in [0.25, 0.3) is 10.1 Å². The Kier molecular flexibility index (Phi) is 6.58. The summed E-state index contributed by atoms with van der Waals surface area (Å²) in [5.74, 6) is -1.88. The molecule has 0 aliphatic carbocycles. The summed E-state index contributed by atoms with van der Waals surface area (Å²) in [6, 6.07) is -1.17. The van der Waals surface area contributed by atoms with Crippen molar-refractivity contribution in [2.45, 2.75) is 38.8 Å². The lowest BCUT2D eigenvalue weighted by Gasteiger charge is -2.22. The molecule has 0 aromatic heterocycles. The molecule has 0 saturated carbocycles. The van der Waals surface area contributed by atoms with Crippen LogP contribution < -0.4 is 10.6 Å². The van der Waals surface area contributed by atoms with Crippen LogP contribution in [0.15, 0.2) is 0 Å². The van der Waals surface area contributed by atoms with Crippen LogP contribution in [0.25, 0.3) is 0 Å². The summed E-state index contributed by atoms with van der Waals surface area (Å²) in [6.07, 6.45) is -1.52. The van der Waals surface area contributed by atoms with E-state index in [1.165, 1.54) is 0 Å². The lowest BCUT2D eigenvalue weighted by atomic mass is 10.2. The van der Waals surface area contributed by atoms with Gasteiger partial charge in [-0.3, -0.25) is 9.35 Å². The molecule has 0 rings (SSSR count). The molecule has 2 amide bonds. The lowest BCUT2D eigenvalue weighted by molar-refractivity contribution is -0.122. The summed E-state index contributed by atoms with van der Waals surface area (Å²) in [4.78, 5) is 23.5. The first kappa shape index (κ1) is 16.4. The Morgan fingerprint density at radius 3 is 2.43 bits per heavy atom. The van der Waals surface area contributed by atoms with Crippen molar-refractivity contribution in [2.24, 2.45) is 0 Å². The molecule has 8 nitrogen and oxygen atoms in total. The fourth-order valence-electron chi connectivity index (χ4n) is 1.06. The van der Waals surface area contributed by atoms with Crippen LogP contribution in [0.2, 0.25) is 0 Å². The molecule has 124 valence electrons. The van der Waals surface area contributed by atoms with E-state index < -0.39 is 52.4 Å². The smallest absolute Gasteiger partial charge is 0.408 e. The van der Waals surface area contributed by atoms with Crippen molar-refractivity contribution >= 4 is 34.7 Å². The summed E-state index contributed by atoms with van der Waals surface area (Å²) >= 11 is 3.90. The molecule has 1 atom stereocenters. The molecule has 0 radical (unpaired) electrons.